The van der Waals surface area contributed by atoms with Crippen LogP contribution in [0.1, 0.15) is 32.1 Å². The van der Waals surface area contributed by atoms with E-state index in [0.717, 1.165) is 32.1 Å². The highest BCUT2D eigenvalue weighted by Gasteiger charge is 2.22. The predicted molar refractivity (Wildman–Crippen MR) is 104 cm³/mol. The van der Waals surface area contributed by atoms with E-state index in [0.29, 0.717) is 42.6 Å². The maximum Gasteiger partial charge on any atom is 0.407 e. The summed E-state index contributed by atoms with van der Waals surface area (Å²) < 4.78 is 0. The van der Waals surface area contributed by atoms with Crippen LogP contribution in [0.25, 0.3) is 0 Å². The number of pyridine rings is 1. The summed E-state index contributed by atoms with van der Waals surface area (Å²) in [4.78, 5) is 39.9. The molecule has 3 rings (SSSR count). The first-order valence-corrected chi connectivity index (χ1v) is 9.28. The Kier molecular flexibility index (Phi) is 6.05. The maximum absolute atomic E-state index is 11.8. The lowest BCUT2D eigenvalue weighted by molar-refractivity contribution is 0.122. The van der Waals surface area contributed by atoms with Crippen molar-refractivity contribution in [3.63, 3.8) is 0 Å². The minimum absolute atomic E-state index is 0.312. The molecule has 1 aromatic heterocycles. The van der Waals surface area contributed by atoms with Gasteiger partial charge in [0.25, 0.3) is 10.9 Å². The lowest BCUT2D eigenvalue weighted by atomic mass is 9.92. The van der Waals surface area contributed by atoms with Crippen molar-refractivity contribution >= 4 is 23.2 Å². The zero-order valence-corrected chi connectivity index (χ0v) is 15.1. The molecule has 144 valence electrons. The van der Waals surface area contributed by atoms with Crippen molar-refractivity contribution < 1.29 is 9.90 Å². The molecule has 27 heavy (non-hydrogen) atoms. The molecule has 1 saturated heterocycles. The Hall–Kier alpha value is -2.90. The number of carbonyl (C=O) groups is 1. The molecule has 2 heterocycles. The summed E-state index contributed by atoms with van der Waals surface area (Å²) in [6, 6.07) is 3.46. The van der Waals surface area contributed by atoms with Crippen molar-refractivity contribution in [1.82, 2.24) is 9.88 Å². The molecule has 2 aromatic rings. The first-order valence-electron chi connectivity index (χ1n) is 9.28. The average Bonchev–Trinajstić information content (AvgIpc) is 2.70. The van der Waals surface area contributed by atoms with Crippen molar-refractivity contribution in [2.24, 2.45) is 5.92 Å². The van der Waals surface area contributed by atoms with Crippen molar-refractivity contribution in [3.8, 4) is 0 Å². The van der Waals surface area contributed by atoms with Crippen molar-refractivity contribution in [3.05, 3.63) is 45.0 Å². The number of amides is 1. The van der Waals surface area contributed by atoms with E-state index in [4.69, 9.17) is 5.11 Å². The number of rotatable bonds is 8. The van der Waals surface area contributed by atoms with Gasteiger partial charge in [-0.05, 0) is 37.3 Å². The molecule has 0 saturated carbocycles. The third-order valence-electron chi connectivity index (χ3n) is 5.09. The number of anilines is 3. The Morgan fingerprint density at radius 1 is 1.11 bits per heavy atom. The zero-order valence-electron chi connectivity index (χ0n) is 15.1. The molecule has 0 radical (unpaired) electrons. The van der Waals surface area contributed by atoms with E-state index in [1.54, 1.807) is 24.5 Å². The SMILES string of the molecule is O=C(O)N1CCC(CCCCNc2c(Nc3ccncc3)c(=O)c2=O)CC1. The van der Waals surface area contributed by atoms with Gasteiger partial charge in [0, 0.05) is 37.7 Å². The quantitative estimate of drug-likeness (QED) is 0.482. The first-order chi connectivity index (χ1) is 13.1. The summed E-state index contributed by atoms with van der Waals surface area (Å²) in [5.41, 5.74) is 0.402. The van der Waals surface area contributed by atoms with Crippen LogP contribution in [0.5, 0.6) is 0 Å². The number of unbranched alkanes of at least 4 members (excludes halogenated alkanes) is 1. The van der Waals surface area contributed by atoms with Crippen LogP contribution in [0, 0.1) is 5.92 Å². The van der Waals surface area contributed by atoms with E-state index in [1.165, 1.54) is 4.90 Å². The number of hydrogen-bond donors (Lipinski definition) is 3. The van der Waals surface area contributed by atoms with Crippen LogP contribution in [-0.4, -0.2) is 40.7 Å². The number of aromatic nitrogens is 1. The van der Waals surface area contributed by atoms with Crippen LogP contribution in [0.2, 0.25) is 0 Å². The molecule has 8 nitrogen and oxygen atoms in total. The van der Waals surface area contributed by atoms with Crippen LogP contribution >= 0.6 is 0 Å². The lowest BCUT2D eigenvalue weighted by Crippen LogP contribution is -2.37. The van der Waals surface area contributed by atoms with Crippen molar-refractivity contribution in [2.75, 3.05) is 30.3 Å². The third kappa shape index (κ3) is 4.64. The molecule has 0 atom stereocenters. The van der Waals surface area contributed by atoms with E-state index in [9.17, 15) is 14.4 Å². The summed E-state index contributed by atoms with van der Waals surface area (Å²) in [6.45, 7) is 1.86. The molecule has 0 spiro atoms. The normalized spacial score (nSPS) is 15.0. The fraction of sp³-hybridized carbons (Fsp3) is 0.474. The Bertz CT molecular complexity index is 837. The van der Waals surface area contributed by atoms with Crippen LogP contribution in [-0.2, 0) is 0 Å². The maximum atomic E-state index is 11.8. The fourth-order valence-electron chi connectivity index (χ4n) is 3.44. The predicted octanol–water partition coefficient (Wildman–Crippen LogP) is 2.39. The monoisotopic (exact) mass is 372 g/mol. The van der Waals surface area contributed by atoms with Crippen LogP contribution in [0.4, 0.5) is 21.9 Å². The second-order valence-electron chi connectivity index (χ2n) is 6.90. The van der Waals surface area contributed by atoms with Gasteiger partial charge in [0.2, 0.25) is 0 Å². The molecule has 0 bridgehead atoms. The number of nitrogens with one attached hydrogen (secondary N) is 2. The van der Waals surface area contributed by atoms with Gasteiger partial charge in [-0.1, -0.05) is 12.8 Å². The van der Waals surface area contributed by atoms with Gasteiger partial charge in [-0.3, -0.25) is 14.6 Å². The molecular formula is C19H24N4O4. The van der Waals surface area contributed by atoms with Crippen LogP contribution < -0.4 is 21.5 Å². The van der Waals surface area contributed by atoms with Gasteiger partial charge in [-0.2, -0.15) is 0 Å². The van der Waals surface area contributed by atoms with Gasteiger partial charge in [0.1, 0.15) is 11.4 Å². The smallest absolute Gasteiger partial charge is 0.407 e. The molecule has 1 fully saturated rings. The summed E-state index contributed by atoms with van der Waals surface area (Å²) in [6.07, 6.45) is 7.18. The molecule has 1 aromatic carbocycles. The van der Waals surface area contributed by atoms with Crippen molar-refractivity contribution in [1.29, 1.82) is 0 Å². The van der Waals surface area contributed by atoms with Gasteiger partial charge >= 0.3 is 6.09 Å². The summed E-state index contributed by atoms with van der Waals surface area (Å²) in [5, 5.41) is 15.0. The average molecular weight is 372 g/mol. The van der Waals surface area contributed by atoms with Crippen LogP contribution in [0.3, 0.4) is 0 Å². The van der Waals surface area contributed by atoms with E-state index in [2.05, 4.69) is 15.6 Å². The molecule has 0 unspecified atom stereocenters. The highest BCUT2D eigenvalue weighted by Crippen LogP contribution is 2.23. The van der Waals surface area contributed by atoms with Crippen molar-refractivity contribution in [2.45, 2.75) is 32.1 Å². The third-order valence-corrected chi connectivity index (χ3v) is 5.09. The Balaban J connectivity index is 1.39. The Morgan fingerprint density at radius 2 is 1.78 bits per heavy atom. The highest BCUT2D eigenvalue weighted by molar-refractivity contribution is 5.78. The van der Waals surface area contributed by atoms with Gasteiger partial charge in [0.05, 0.1) is 0 Å². The van der Waals surface area contributed by atoms with Gasteiger partial charge in [0.15, 0.2) is 0 Å². The van der Waals surface area contributed by atoms with E-state index < -0.39 is 17.0 Å². The summed E-state index contributed by atoms with van der Waals surface area (Å²) in [5.74, 6) is 0.565. The van der Waals surface area contributed by atoms with E-state index in [-0.39, 0.29) is 0 Å². The second kappa shape index (κ2) is 8.66. The fourth-order valence-corrected chi connectivity index (χ4v) is 3.44. The van der Waals surface area contributed by atoms with Gasteiger partial charge in [-0.25, -0.2) is 4.79 Å². The van der Waals surface area contributed by atoms with Gasteiger partial charge in [-0.15, -0.1) is 0 Å². The number of hydrogen-bond acceptors (Lipinski definition) is 6. The lowest BCUT2D eigenvalue weighted by Gasteiger charge is -2.29. The molecule has 1 aliphatic heterocycles. The number of carboxylic acid groups (broad SMARTS) is 1. The number of likely N-dealkylation sites (tertiary alicyclic amines) is 1. The molecule has 1 amide bonds. The minimum Gasteiger partial charge on any atom is -0.465 e. The molecule has 1 aliphatic rings. The minimum atomic E-state index is -0.832. The van der Waals surface area contributed by atoms with Crippen LogP contribution in [0.15, 0.2) is 34.1 Å². The summed E-state index contributed by atoms with van der Waals surface area (Å²) in [7, 11) is 0. The molecule has 0 aliphatic carbocycles. The number of piperidine rings is 1. The summed E-state index contributed by atoms with van der Waals surface area (Å²) >= 11 is 0. The van der Waals surface area contributed by atoms with E-state index >= 15 is 0 Å². The standard InChI is InChI=1S/C19H24N4O4/c24-17-15(16(18(17)25)22-14-4-9-20-10-5-14)21-8-2-1-3-13-6-11-23(12-7-13)19(26)27/h4-5,9-10,13,21H,1-3,6-8,11-12H2,(H,20,22)(H,26,27). The molecular weight excluding hydrogens is 348 g/mol. The highest BCUT2D eigenvalue weighted by atomic mass is 16.4. The first kappa shape index (κ1) is 18.9. The molecule has 8 heteroatoms. The second-order valence-corrected chi connectivity index (χ2v) is 6.90. The number of nitrogens with zero attached hydrogens (tertiary/aromatic N) is 2. The zero-order chi connectivity index (χ0) is 19.2. The Labute approximate surface area is 156 Å². The van der Waals surface area contributed by atoms with E-state index in [1.807, 2.05) is 0 Å². The topological polar surface area (TPSA) is 112 Å². The molecule has 3 N–H and O–H groups in total. The Morgan fingerprint density at radius 3 is 2.44 bits per heavy atom. The largest absolute Gasteiger partial charge is 0.465 e. The van der Waals surface area contributed by atoms with Gasteiger partial charge < -0.3 is 20.6 Å².